The lowest BCUT2D eigenvalue weighted by Crippen LogP contribution is -2.50. The third-order valence-electron chi connectivity index (χ3n) is 4.74. The fourth-order valence-corrected chi connectivity index (χ4v) is 3.48. The van der Waals surface area contributed by atoms with E-state index in [-0.39, 0.29) is 17.2 Å². The molecule has 3 rings (SSSR count). The SMILES string of the molecule is COc1cc(Cl)ccc1C(=O)NNC(=O)C(c1ccccc1)N1CCCCC1=O. The summed E-state index contributed by atoms with van der Waals surface area (Å²) in [5.41, 5.74) is 5.74. The molecule has 0 radical (unpaired) electrons. The fraction of sp³-hybridized carbons (Fsp3) is 0.286. The molecule has 152 valence electrons. The molecule has 2 aromatic rings. The van der Waals surface area contributed by atoms with Crippen molar-refractivity contribution < 1.29 is 19.1 Å². The first kappa shape index (κ1) is 20.7. The van der Waals surface area contributed by atoms with Gasteiger partial charge in [0.2, 0.25) is 5.91 Å². The molecule has 1 fully saturated rings. The molecule has 1 saturated heterocycles. The molecule has 0 aromatic heterocycles. The van der Waals surface area contributed by atoms with Gasteiger partial charge in [-0.05, 0) is 36.6 Å². The lowest BCUT2D eigenvalue weighted by molar-refractivity contribution is -0.143. The number of hydrazine groups is 1. The molecule has 29 heavy (non-hydrogen) atoms. The molecular formula is C21H22ClN3O4. The summed E-state index contributed by atoms with van der Waals surface area (Å²) in [6.45, 7) is 0.491. The number of rotatable bonds is 5. The van der Waals surface area contributed by atoms with Gasteiger partial charge in [-0.15, -0.1) is 0 Å². The third-order valence-corrected chi connectivity index (χ3v) is 4.98. The molecule has 3 amide bonds. The van der Waals surface area contributed by atoms with Crippen molar-refractivity contribution in [2.24, 2.45) is 0 Å². The Balaban J connectivity index is 1.77. The first-order chi connectivity index (χ1) is 14.0. The van der Waals surface area contributed by atoms with E-state index in [0.29, 0.717) is 23.6 Å². The number of likely N-dealkylation sites (tertiary alicyclic amines) is 1. The number of amides is 3. The van der Waals surface area contributed by atoms with Gasteiger partial charge in [0.25, 0.3) is 11.8 Å². The highest BCUT2D eigenvalue weighted by Gasteiger charge is 2.33. The highest BCUT2D eigenvalue weighted by Crippen LogP contribution is 2.26. The van der Waals surface area contributed by atoms with Crippen LogP contribution in [0.3, 0.4) is 0 Å². The number of benzene rings is 2. The zero-order valence-electron chi connectivity index (χ0n) is 16.0. The summed E-state index contributed by atoms with van der Waals surface area (Å²) in [5.74, 6) is -0.836. The Labute approximate surface area is 173 Å². The van der Waals surface area contributed by atoms with E-state index in [1.807, 2.05) is 6.07 Å². The second-order valence-corrected chi connectivity index (χ2v) is 7.08. The Hall–Kier alpha value is -3.06. The van der Waals surface area contributed by atoms with E-state index < -0.39 is 17.9 Å². The van der Waals surface area contributed by atoms with Gasteiger partial charge in [0.05, 0.1) is 12.7 Å². The number of hydrogen-bond donors (Lipinski definition) is 2. The van der Waals surface area contributed by atoms with Crippen molar-refractivity contribution in [3.8, 4) is 5.75 Å². The lowest BCUT2D eigenvalue weighted by atomic mass is 10.0. The third kappa shape index (κ3) is 4.86. The fourth-order valence-electron chi connectivity index (χ4n) is 3.31. The summed E-state index contributed by atoms with van der Waals surface area (Å²) < 4.78 is 5.17. The maximum atomic E-state index is 13.0. The summed E-state index contributed by atoms with van der Waals surface area (Å²) in [7, 11) is 1.43. The van der Waals surface area contributed by atoms with Gasteiger partial charge in [0, 0.05) is 18.0 Å². The van der Waals surface area contributed by atoms with Crippen molar-refractivity contribution >= 4 is 29.3 Å². The van der Waals surface area contributed by atoms with Crippen LogP contribution in [0.25, 0.3) is 0 Å². The first-order valence-electron chi connectivity index (χ1n) is 9.29. The van der Waals surface area contributed by atoms with Crippen LogP contribution in [0.15, 0.2) is 48.5 Å². The zero-order chi connectivity index (χ0) is 20.8. The zero-order valence-corrected chi connectivity index (χ0v) is 16.7. The number of carbonyl (C=O) groups excluding carboxylic acids is 3. The molecule has 1 aliphatic heterocycles. The number of carbonyl (C=O) groups is 3. The van der Waals surface area contributed by atoms with Crippen LogP contribution in [0.5, 0.6) is 5.75 Å². The van der Waals surface area contributed by atoms with E-state index in [1.54, 1.807) is 35.2 Å². The van der Waals surface area contributed by atoms with Crippen LogP contribution in [0.4, 0.5) is 0 Å². The van der Waals surface area contributed by atoms with Crippen LogP contribution in [-0.4, -0.2) is 36.3 Å². The molecule has 8 heteroatoms. The Morgan fingerprint density at radius 1 is 1.10 bits per heavy atom. The summed E-state index contributed by atoms with van der Waals surface area (Å²) in [4.78, 5) is 39.4. The number of halogens is 1. The Morgan fingerprint density at radius 3 is 2.55 bits per heavy atom. The topological polar surface area (TPSA) is 87.7 Å². The summed E-state index contributed by atoms with van der Waals surface area (Å²) >= 11 is 5.92. The highest BCUT2D eigenvalue weighted by atomic mass is 35.5. The van der Waals surface area contributed by atoms with Gasteiger partial charge in [-0.3, -0.25) is 25.2 Å². The highest BCUT2D eigenvalue weighted by molar-refractivity contribution is 6.30. The standard InChI is InChI=1S/C21H22ClN3O4/c1-29-17-13-15(22)10-11-16(17)20(27)23-24-21(28)19(14-7-3-2-4-8-14)25-12-6-5-9-18(25)26/h2-4,7-8,10-11,13,19H,5-6,9,12H2,1H3,(H,23,27)(H,24,28). The Morgan fingerprint density at radius 2 is 1.86 bits per heavy atom. The molecule has 0 spiro atoms. The van der Waals surface area contributed by atoms with E-state index in [0.717, 1.165) is 12.8 Å². The van der Waals surface area contributed by atoms with Crippen molar-refractivity contribution in [1.29, 1.82) is 0 Å². The van der Waals surface area contributed by atoms with Crippen LogP contribution in [0.2, 0.25) is 5.02 Å². The number of methoxy groups -OCH3 is 1. The molecule has 0 aliphatic carbocycles. The number of hydrogen-bond acceptors (Lipinski definition) is 4. The van der Waals surface area contributed by atoms with Gasteiger partial charge in [0.1, 0.15) is 11.8 Å². The van der Waals surface area contributed by atoms with Crippen molar-refractivity contribution in [2.45, 2.75) is 25.3 Å². The molecule has 2 aromatic carbocycles. The molecule has 1 atom stereocenters. The second kappa shape index (κ2) is 9.43. The van der Waals surface area contributed by atoms with E-state index in [9.17, 15) is 14.4 Å². The van der Waals surface area contributed by atoms with Crippen LogP contribution in [-0.2, 0) is 9.59 Å². The molecule has 1 aliphatic rings. The quantitative estimate of drug-likeness (QED) is 0.735. The van der Waals surface area contributed by atoms with E-state index >= 15 is 0 Å². The number of piperidine rings is 1. The second-order valence-electron chi connectivity index (χ2n) is 6.65. The van der Waals surface area contributed by atoms with Crippen molar-refractivity contribution in [2.75, 3.05) is 13.7 Å². The van der Waals surface area contributed by atoms with Gasteiger partial charge in [-0.25, -0.2) is 0 Å². The van der Waals surface area contributed by atoms with Crippen LogP contribution >= 0.6 is 11.6 Å². The smallest absolute Gasteiger partial charge is 0.273 e. The normalized spacial score (nSPS) is 14.8. The predicted octanol–water partition coefficient (Wildman–Crippen LogP) is 2.86. The maximum Gasteiger partial charge on any atom is 0.273 e. The van der Waals surface area contributed by atoms with Gasteiger partial charge in [-0.1, -0.05) is 41.9 Å². The Bertz CT molecular complexity index is 904. The summed E-state index contributed by atoms with van der Waals surface area (Å²) in [6.07, 6.45) is 2.05. The van der Waals surface area contributed by atoms with Gasteiger partial charge in [-0.2, -0.15) is 0 Å². The lowest BCUT2D eigenvalue weighted by Gasteiger charge is -2.34. The molecule has 7 nitrogen and oxygen atoms in total. The van der Waals surface area contributed by atoms with Crippen molar-refractivity contribution in [1.82, 2.24) is 15.8 Å². The van der Waals surface area contributed by atoms with E-state index in [2.05, 4.69) is 10.9 Å². The summed E-state index contributed by atoms with van der Waals surface area (Å²) in [6, 6.07) is 12.8. The van der Waals surface area contributed by atoms with Gasteiger partial charge in [0.15, 0.2) is 0 Å². The monoisotopic (exact) mass is 415 g/mol. The minimum Gasteiger partial charge on any atom is -0.496 e. The number of ether oxygens (including phenoxy) is 1. The largest absolute Gasteiger partial charge is 0.496 e. The van der Waals surface area contributed by atoms with E-state index in [1.165, 1.54) is 19.2 Å². The average Bonchev–Trinajstić information content (AvgIpc) is 2.74. The summed E-state index contributed by atoms with van der Waals surface area (Å²) in [5, 5.41) is 0.426. The van der Waals surface area contributed by atoms with Crippen molar-refractivity contribution in [3.63, 3.8) is 0 Å². The molecular weight excluding hydrogens is 394 g/mol. The predicted molar refractivity (Wildman–Crippen MR) is 108 cm³/mol. The van der Waals surface area contributed by atoms with Crippen molar-refractivity contribution in [3.05, 3.63) is 64.7 Å². The minimum absolute atomic E-state index is 0.0778. The molecule has 1 heterocycles. The van der Waals surface area contributed by atoms with Crippen LogP contribution in [0.1, 0.15) is 41.2 Å². The average molecular weight is 416 g/mol. The van der Waals surface area contributed by atoms with E-state index in [4.69, 9.17) is 16.3 Å². The molecule has 1 unspecified atom stereocenters. The van der Waals surface area contributed by atoms with Gasteiger partial charge >= 0.3 is 0 Å². The van der Waals surface area contributed by atoms with Gasteiger partial charge < -0.3 is 9.64 Å². The Kier molecular flexibility index (Phi) is 6.72. The first-order valence-corrected chi connectivity index (χ1v) is 9.67. The number of nitrogens with zero attached hydrogens (tertiary/aromatic N) is 1. The maximum absolute atomic E-state index is 13.0. The number of nitrogens with one attached hydrogen (secondary N) is 2. The molecule has 0 saturated carbocycles. The van der Waals surface area contributed by atoms with Crippen LogP contribution in [0, 0.1) is 0 Å². The van der Waals surface area contributed by atoms with Crippen LogP contribution < -0.4 is 15.6 Å². The molecule has 2 N–H and O–H groups in total. The minimum atomic E-state index is -0.823. The molecule has 0 bridgehead atoms.